The molecule has 4 aromatic rings. The molecule has 0 aliphatic carbocycles. The van der Waals surface area contributed by atoms with Crippen molar-refractivity contribution in [1.29, 1.82) is 0 Å². The highest BCUT2D eigenvalue weighted by atomic mass is 32.1. The van der Waals surface area contributed by atoms with Gasteiger partial charge in [-0.15, -0.1) is 0 Å². The van der Waals surface area contributed by atoms with Crippen LogP contribution in [0.2, 0.25) is 0 Å². The van der Waals surface area contributed by atoms with Crippen LogP contribution in [0, 0.1) is 0 Å². The minimum atomic E-state index is -1.09. The van der Waals surface area contributed by atoms with E-state index in [9.17, 15) is 14.7 Å². The molecule has 2 fully saturated rings. The first-order valence-corrected chi connectivity index (χ1v) is 11.3. The van der Waals surface area contributed by atoms with Crippen LogP contribution in [0.15, 0.2) is 41.1 Å². The van der Waals surface area contributed by atoms with Crippen molar-refractivity contribution in [2.24, 2.45) is 0 Å². The van der Waals surface area contributed by atoms with Gasteiger partial charge in [-0.3, -0.25) is 14.5 Å². The second-order valence-electron chi connectivity index (χ2n) is 8.40. The summed E-state index contributed by atoms with van der Waals surface area (Å²) in [6.07, 6.45) is 3.71. The summed E-state index contributed by atoms with van der Waals surface area (Å²) in [6.45, 7) is 2.49. The van der Waals surface area contributed by atoms with Crippen LogP contribution in [0.25, 0.3) is 21.4 Å². The number of piperazine rings is 1. The van der Waals surface area contributed by atoms with E-state index in [0.717, 1.165) is 4.70 Å². The lowest BCUT2D eigenvalue weighted by molar-refractivity contribution is -0.152. The monoisotopic (exact) mass is 465 g/mol. The highest BCUT2D eigenvalue weighted by Crippen LogP contribution is 2.41. The first-order valence-electron chi connectivity index (χ1n) is 10.4. The molecular weight excluding hydrogens is 446 g/mol. The van der Waals surface area contributed by atoms with E-state index in [0.29, 0.717) is 53.0 Å². The van der Waals surface area contributed by atoms with Gasteiger partial charge in [-0.2, -0.15) is 4.98 Å². The topological polar surface area (TPSA) is 122 Å². The molecular formula is C22H19N5O5S. The zero-order valence-corrected chi connectivity index (χ0v) is 18.4. The molecule has 2 aliphatic heterocycles. The maximum Gasteiger partial charge on any atom is 0.326 e. The Morgan fingerprint density at radius 2 is 2.24 bits per heavy atom. The number of likely N-dealkylation sites (tertiary alicyclic amines) is 2. The number of carbonyl (C=O) groups is 2. The predicted octanol–water partition coefficient (Wildman–Crippen LogP) is 2.88. The Morgan fingerprint density at radius 3 is 3.03 bits per heavy atom. The van der Waals surface area contributed by atoms with Crippen molar-refractivity contribution >= 4 is 44.7 Å². The number of hydrogen-bond donors (Lipinski definition) is 1. The van der Waals surface area contributed by atoms with Gasteiger partial charge < -0.3 is 19.2 Å². The predicted molar refractivity (Wildman–Crippen MR) is 118 cm³/mol. The number of furan rings is 1. The minimum absolute atomic E-state index is 0.0906. The van der Waals surface area contributed by atoms with Crippen molar-refractivity contribution < 1.29 is 23.8 Å². The second kappa shape index (κ2) is 7.22. The van der Waals surface area contributed by atoms with E-state index in [2.05, 4.69) is 15.0 Å². The van der Waals surface area contributed by atoms with Crippen molar-refractivity contribution in [2.45, 2.75) is 31.5 Å². The van der Waals surface area contributed by atoms with E-state index in [1.807, 2.05) is 23.1 Å². The Bertz CT molecular complexity index is 1380. The van der Waals surface area contributed by atoms with Gasteiger partial charge >= 0.3 is 5.97 Å². The molecule has 0 aromatic carbocycles. The molecule has 1 amide bonds. The van der Waals surface area contributed by atoms with E-state index < -0.39 is 11.5 Å². The number of fused-ring (bicyclic) bond motifs is 4. The van der Waals surface area contributed by atoms with Crippen molar-refractivity contribution in [3.63, 3.8) is 0 Å². The lowest BCUT2D eigenvalue weighted by atomic mass is 9.99. The molecule has 4 aromatic heterocycles. The fourth-order valence-corrected chi connectivity index (χ4v) is 5.63. The number of aromatic nitrogens is 3. The maximum absolute atomic E-state index is 12.2. The summed E-state index contributed by atoms with van der Waals surface area (Å²) in [5.74, 6) is 0.0966. The molecule has 11 heteroatoms. The molecule has 2 atom stereocenters. The van der Waals surface area contributed by atoms with Crippen LogP contribution in [-0.4, -0.2) is 66.4 Å². The Morgan fingerprint density at radius 1 is 1.36 bits per heavy atom. The van der Waals surface area contributed by atoms with Crippen LogP contribution in [0.1, 0.15) is 19.1 Å². The molecule has 10 nitrogen and oxygen atoms in total. The third-order valence-corrected chi connectivity index (χ3v) is 7.27. The van der Waals surface area contributed by atoms with Gasteiger partial charge in [0.1, 0.15) is 16.8 Å². The van der Waals surface area contributed by atoms with Crippen LogP contribution in [0.5, 0.6) is 10.9 Å². The number of rotatable bonds is 5. The van der Waals surface area contributed by atoms with Gasteiger partial charge in [-0.05, 0) is 18.6 Å². The number of ether oxygens (including phenoxy) is 1. The Hall–Kier alpha value is -3.57. The molecule has 2 bridgehead atoms. The second-order valence-corrected chi connectivity index (χ2v) is 9.39. The lowest BCUT2D eigenvalue weighted by Gasteiger charge is -2.38. The SMILES string of the molecule is CC(=O)N1CC2(C(=O)O)C[C@H]1CN2Cc1cc2ncc(Oc3nc4ncccc4s3)cc2o1. The fraction of sp³-hybridized carbons (Fsp3) is 0.318. The van der Waals surface area contributed by atoms with Crippen molar-refractivity contribution in [2.75, 3.05) is 13.1 Å². The van der Waals surface area contributed by atoms with Gasteiger partial charge in [-0.25, -0.2) is 9.97 Å². The number of carbonyl (C=O) groups excluding carboxylic acids is 1. The third-order valence-electron chi connectivity index (χ3n) is 6.38. The van der Waals surface area contributed by atoms with Crippen LogP contribution in [-0.2, 0) is 16.1 Å². The molecule has 6 rings (SSSR count). The highest BCUT2D eigenvalue weighted by Gasteiger charge is 2.60. The van der Waals surface area contributed by atoms with E-state index in [-0.39, 0.29) is 18.5 Å². The van der Waals surface area contributed by atoms with Crippen LogP contribution in [0.3, 0.4) is 0 Å². The zero-order valence-electron chi connectivity index (χ0n) is 17.6. The highest BCUT2D eigenvalue weighted by molar-refractivity contribution is 7.20. The Labute approximate surface area is 191 Å². The van der Waals surface area contributed by atoms with Gasteiger partial charge in [0.05, 0.1) is 24.0 Å². The van der Waals surface area contributed by atoms with Crippen molar-refractivity contribution in [3.8, 4) is 10.9 Å². The van der Waals surface area contributed by atoms with E-state index in [1.165, 1.54) is 18.3 Å². The average molecular weight is 465 g/mol. The number of pyridine rings is 2. The Kier molecular flexibility index (Phi) is 4.39. The van der Waals surface area contributed by atoms with Gasteiger partial charge in [0.15, 0.2) is 17.0 Å². The molecule has 0 spiro atoms. The number of carboxylic acids is 1. The molecule has 2 saturated heterocycles. The van der Waals surface area contributed by atoms with Gasteiger partial charge in [0.25, 0.3) is 5.19 Å². The molecule has 1 unspecified atom stereocenters. The molecule has 6 heterocycles. The fourth-order valence-electron chi connectivity index (χ4n) is 4.84. The molecule has 33 heavy (non-hydrogen) atoms. The summed E-state index contributed by atoms with van der Waals surface area (Å²) in [4.78, 5) is 40.6. The smallest absolute Gasteiger partial charge is 0.326 e. The summed E-state index contributed by atoms with van der Waals surface area (Å²) < 4.78 is 12.8. The summed E-state index contributed by atoms with van der Waals surface area (Å²) in [6, 6.07) is 7.24. The summed E-state index contributed by atoms with van der Waals surface area (Å²) in [7, 11) is 0. The standard InChI is InChI=1S/C22H19N5O5S/c1-12(28)27-11-22(20(29)30)7-13(27)9-26(22)10-15-5-16-17(31-15)6-14(8-24-16)32-21-25-19-18(33-21)3-2-4-23-19/h2-6,8,13H,7,9-11H2,1H3,(H,29,30)/t13-,22?/m0/s1. The normalized spacial score (nSPS) is 22.5. The van der Waals surface area contributed by atoms with Crippen LogP contribution in [0.4, 0.5) is 0 Å². The Balaban J connectivity index is 1.23. The molecule has 0 radical (unpaired) electrons. The van der Waals surface area contributed by atoms with Gasteiger partial charge in [0.2, 0.25) is 5.91 Å². The van der Waals surface area contributed by atoms with Gasteiger partial charge in [0, 0.05) is 37.8 Å². The van der Waals surface area contributed by atoms with Crippen molar-refractivity contribution in [3.05, 3.63) is 42.4 Å². The summed E-state index contributed by atoms with van der Waals surface area (Å²) >= 11 is 1.39. The van der Waals surface area contributed by atoms with Crippen LogP contribution >= 0.6 is 11.3 Å². The molecule has 0 saturated carbocycles. The number of thiazole rings is 1. The average Bonchev–Trinajstić information content (AvgIpc) is 3.53. The lowest BCUT2D eigenvalue weighted by Crippen LogP contribution is -2.58. The van der Waals surface area contributed by atoms with E-state index in [4.69, 9.17) is 9.15 Å². The summed E-state index contributed by atoms with van der Waals surface area (Å²) in [5.41, 5.74) is 0.739. The zero-order chi connectivity index (χ0) is 22.7. The number of carboxylic acid groups (broad SMARTS) is 1. The number of hydrogen-bond acceptors (Lipinski definition) is 9. The summed E-state index contributed by atoms with van der Waals surface area (Å²) in [5, 5.41) is 10.4. The first kappa shape index (κ1) is 20.1. The largest absolute Gasteiger partial charge is 0.480 e. The third kappa shape index (κ3) is 3.23. The van der Waals surface area contributed by atoms with Gasteiger partial charge in [-0.1, -0.05) is 11.3 Å². The van der Waals surface area contributed by atoms with E-state index >= 15 is 0 Å². The van der Waals surface area contributed by atoms with Crippen LogP contribution < -0.4 is 4.74 Å². The van der Waals surface area contributed by atoms with E-state index in [1.54, 1.807) is 23.4 Å². The molecule has 168 valence electrons. The molecule has 2 aliphatic rings. The number of nitrogens with zero attached hydrogens (tertiary/aromatic N) is 5. The molecule has 1 N–H and O–H groups in total. The number of amides is 1. The quantitative estimate of drug-likeness (QED) is 0.474. The number of aliphatic carboxylic acids is 1. The maximum atomic E-state index is 12.2. The first-order chi connectivity index (χ1) is 15.9. The van der Waals surface area contributed by atoms with Crippen molar-refractivity contribution in [1.82, 2.24) is 24.8 Å². The minimum Gasteiger partial charge on any atom is -0.480 e.